The lowest BCUT2D eigenvalue weighted by Gasteiger charge is -2.25. The molecule has 1 heterocycles. The summed E-state index contributed by atoms with van der Waals surface area (Å²) in [6.45, 7) is 5.37. The van der Waals surface area contributed by atoms with Crippen molar-refractivity contribution in [3.63, 3.8) is 0 Å². The van der Waals surface area contributed by atoms with Gasteiger partial charge >= 0.3 is 0 Å². The third kappa shape index (κ3) is 4.57. The van der Waals surface area contributed by atoms with E-state index in [1.807, 2.05) is 0 Å². The Balaban J connectivity index is 2.37. The van der Waals surface area contributed by atoms with Crippen molar-refractivity contribution < 1.29 is 13.2 Å². The van der Waals surface area contributed by atoms with Crippen LogP contribution < -0.4 is 10.6 Å². The number of amides is 1. The van der Waals surface area contributed by atoms with Crippen LogP contribution in [-0.4, -0.2) is 45.0 Å². The summed E-state index contributed by atoms with van der Waals surface area (Å²) in [5.74, 6) is 0.381. The first-order valence-corrected chi connectivity index (χ1v) is 8.28. The molecule has 1 amide bonds. The monoisotopic (exact) mass is 276 g/mol. The molecule has 1 fully saturated rings. The van der Waals surface area contributed by atoms with Crippen LogP contribution >= 0.6 is 0 Å². The zero-order valence-corrected chi connectivity index (χ0v) is 12.3. The van der Waals surface area contributed by atoms with Crippen molar-refractivity contribution in [2.75, 3.05) is 25.9 Å². The molecule has 0 unspecified atom stereocenters. The molecule has 0 aromatic heterocycles. The Bertz CT molecular complexity index is 384. The number of piperidine rings is 1. The maximum absolute atomic E-state index is 11.8. The highest BCUT2D eigenvalue weighted by atomic mass is 32.2. The van der Waals surface area contributed by atoms with E-state index in [4.69, 9.17) is 0 Å². The fourth-order valence-corrected chi connectivity index (χ4v) is 2.20. The van der Waals surface area contributed by atoms with Gasteiger partial charge in [-0.05, 0) is 45.7 Å². The lowest BCUT2D eigenvalue weighted by molar-refractivity contribution is -0.122. The summed E-state index contributed by atoms with van der Waals surface area (Å²) in [6, 6.07) is 0. The Morgan fingerprint density at radius 3 is 2.39 bits per heavy atom. The summed E-state index contributed by atoms with van der Waals surface area (Å²) in [4.78, 5) is 11.8. The van der Waals surface area contributed by atoms with Crippen molar-refractivity contribution in [1.82, 2.24) is 10.6 Å². The highest BCUT2D eigenvalue weighted by Gasteiger charge is 2.30. The molecule has 1 rings (SSSR count). The van der Waals surface area contributed by atoms with Gasteiger partial charge in [-0.25, -0.2) is 8.42 Å². The van der Waals surface area contributed by atoms with Crippen molar-refractivity contribution in [3.05, 3.63) is 0 Å². The molecule has 6 heteroatoms. The molecule has 0 aliphatic carbocycles. The number of hydrogen-bond acceptors (Lipinski definition) is 4. The van der Waals surface area contributed by atoms with Gasteiger partial charge in [-0.1, -0.05) is 0 Å². The largest absolute Gasteiger partial charge is 0.355 e. The maximum atomic E-state index is 11.8. The number of nitrogens with one attached hydrogen (secondary N) is 2. The van der Waals surface area contributed by atoms with Crippen LogP contribution in [0.2, 0.25) is 0 Å². The molecular weight excluding hydrogens is 252 g/mol. The number of sulfone groups is 1. The lowest BCUT2D eigenvalue weighted by Crippen LogP contribution is -2.44. The normalized spacial score (nSPS) is 18.6. The van der Waals surface area contributed by atoms with Crippen LogP contribution in [0.15, 0.2) is 0 Å². The predicted molar refractivity (Wildman–Crippen MR) is 72.1 cm³/mol. The van der Waals surface area contributed by atoms with E-state index in [1.54, 1.807) is 13.8 Å². The first-order chi connectivity index (χ1) is 8.22. The Kier molecular flexibility index (Phi) is 5.16. The molecular formula is C12H24N2O3S. The fraction of sp³-hybridized carbons (Fsp3) is 0.917. The minimum absolute atomic E-state index is 0.0429. The maximum Gasteiger partial charge on any atom is 0.220 e. The summed E-state index contributed by atoms with van der Waals surface area (Å²) in [5.41, 5.74) is 0. The number of hydrogen-bond donors (Lipinski definition) is 2. The van der Waals surface area contributed by atoms with Crippen molar-refractivity contribution in [3.8, 4) is 0 Å². The molecule has 0 saturated carbocycles. The van der Waals surface area contributed by atoms with Crippen LogP contribution in [0.1, 0.15) is 33.1 Å². The Morgan fingerprint density at radius 1 is 1.33 bits per heavy atom. The molecule has 106 valence electrons. The van der Waals surface area contributed by atoms with Gasteiger partial charge < -0.3 is 10.6 Å². The van der Waals surface area contributed by atoms with Crippen molar-refractivity contribution in [1.29, 1.82) is 0 Å². The second-order valence-electron chi connectivity index (χ2n) is 5.71. The minimum Gasteiger partial charge on any atom is -0.355 e. The van der Waals surface area contributed by atoms with Gasteiger partial charge in [-0.15, -0.1) is 0 Å². The molecule has 0 atom stereocenters. The summed E-state index contributed by atoms with van der Waals surface area (Å²) in [7, 11) is -3.16. The lowest BCUT2D eigenvalue weighted by atomic mass is 9.94. The summed E-state index contributed by atoms with van der Waals surface area (Å²) >= 11 is 0. The molecule has 1 aliphatic rings. The number of carbonyl (C=O) groups excluding carboxylic acids is 1. The molecule has 18 heavy (non-hydrogen) atoms. The molecule has 0 bridgehead atoms. The van der Waals surface area contributed by atoms with Gasteiger partial charge in [-0.3, -0.25) is 4.79 Å². The van der Waals surface area contributed by atoms with E-state index in [2.05, 4.69) is 10.6 Å². The third-order valence-electron chi connectivity index (χ3n) is 3.65. The molecule has 5 nitrogen and oxygen atoms in total. The zero-order valence-electron chi connectivity index (χ0n) is 11.5. The Labute approximate surface area is 110 Å². The average molecular weight is 276 g/mol. The van der Waals surface area contributed by atoms with Crippen LogP contribution in [0, 0.1) is 5.92 Å². The van der Waals surface area contributed by atoms with Crippen molar-refractivity contribution >= 4 is 15.7 Å². The second kappa shape index (κ2) is 6.02. The molecule has 2 N–H and O–H groups in total. The molecule has 1 saturated heterocycles. The van der Waals surface area contributed by atoms with Crippen molar-refractivity contribution in [2.24, 2.45) is 5.92 Å². The van der Waals surface area contributed by atoms with E-state index < -0.39 is 14.6 Å². The summed E-state index contributed by atoms with van der Waals surface area (Å²) in [5, 5.41) is 5.99. The molecule has 1 aliphatic heterocycles. The van der Waals surface area contributed by atoms with Crippen LogP contribution in [0.4, 0.5) is 0 Å². The Hall–Kier alpha value is -0.620. The van der Waals surface area contributed by atoms with Gasteiger partial charge in [0.05, 0.1) is 4.75 Å². The third-order valence-corrected chi connectivity index (χ3v) is 5.80. The van der Waals surface area contributed by atoms with E-state index in [1.165, 1.54) is 6.26 Å². The van der Waals surface area contributed by atoms with E-state index in [9.17, 15) is 13.2 Å². The van der Waals surface area contributed by atoms with Crippen LogP contribution in [0.25, 0.3) is 0 Å². The van der Waals surface area contributed by atoms with Gasteiger partial charge in [0.1, 0.15) is 0 Å². The molecule has 0 aromatic carbocycles. The van der Waals surface area contributed by atoms with E-state index in [0.29, 0.717) is 12.3 Å². The SMILES string of the molecule is CC(C)(CNC(=O)CC1CCNCC1)S(C)(=O)=O. The standard InChI is InChI=1S/C12H24N2O3S/c1-12(2,18(3,16)17)9-14-11(15)8-10-4-6-13-7-5-10/h10,13H,4-9H2,1-3H3,(H,14,15). The average Bonchev–Trinajstić information content (AvgIpc) is 2.26. The highest BCUT2D eigenvalue weighted by Crippen LogP contribution is 2.17. The van der Waals surface area contributed by atoms with Gasteiger partial charge in [0.15, 0.2) is 9.84 Å². The van der Waals surface area contributed by atoms with Crippen LogP contribution in [0.5, 0.6) is 0 Å². The van der Waals surface area contributed by atoms with Gasteiger partial charge in [0.25, 0.3) is 0 Å². The first-order valence-electron chi connectivity index (χ1n) is 6.39. The van der Waals surface area contributed by atoms with E-state index in [-0.39, 0.29) is 12.5 Å². The zero-order chi connectivity index (χ0) is 13.8. The van der Waals surface area contributed by atoms with Crippen LogP contribution in [0.3, 0.4) is 0 Å². The Morgan fingerprint density at radius 2 is 1.89 bits per heavy atom. The minimum atomic E-state index is -3.16. The van der Waals surface area contributed by atoms with Crippen molar-refractivity contribution in [2.45, 2.75) is 37.9 Å². The number of rotatable bonds is 5. The first kappa shape index (κ1) is 15.4. The van der Waals surface area contributed by atoms with E-state index >= 15 is 0 Å². The van der Waals surface area contributed by atoms with E-state index in [0.717, 1.165) is 25.9 Å². The predicted octanol–water partition coefficient (Wildman–Crippen LogP) is 0.316. The topological polar surface area (TPSA) is 75.3 Å². The van der Waals surface area contributed by atoms with Crippen LogP contribution in [-0.2, 0) is 14.6 Å². The summed E-state index contributed by atoms with van der Waals surface area (Å²) in [6.07, 6.45) is 3.74. The molecule has 0 radical (unpaired) electrons. The molecule has 0 aromatic rings. The summed E-state index contributed by atoms with van der Waals surface area (Å²) < 4.78 is 22.1. The molecule has 0 spiro atoms. The fourth-order valence-electron chi connectivity index (χ4n) is 1.86. The van der Waals surface area contributed by atoms with Gasteiger partial charge in [-0.2, -0.15) is 0 Å². The van der Waals surface area contributed by atoms with Gasteiger partial charge in [0.2, 0.25) is 5.91 Å². The second-order valence-corrected chi connectivity index (χ2v) is 8.36. The highest BCUT2D eigenvalue weighted by molar-refractivity contribution is 7.92. The number of carbonyl (C=O) groups is 1. The quantitative estimate of drug-likeness (QED) is 0.758. The smallest absolute Gasteiger partial charge is 0.220 e. The van der Waals surface area contributed by atoms with Gasteiger partial charge in [0, 0.05) is 19.2 Å².